The van der Waals surface area contributed by atoms with Gasteiger partial charge in [0.2, 0.25) is 0 Å². The van der Waals surface area contributed by atoms with Gasteiger partial charge in [-0.3, -0.25) is 0 Å². The molecule has 1 fully saturated rings. The van der Waals surface area contributed by atoms with Crippen LogP contribution in [-0.2, 0) is 0 Å². The highest BCUT2D eigenvalue weighted by molar-refractivity contribution is 5.64. The summed E-state index contributed by atoms with van der Waals surface area (Å²) >= 11 is 0. The standard InChI is InChI=1S/C15H14FN5/c16-12-9-11(3-4-14(12)21-7-1-2-8-21)20-15-13(10-17)18-5-6-19-15/h3-6,9H,1-2,7-8H2,(H,19,20). The molecule has 0 bridgehead atoms. The van der Waals surface area contributed by atoms with E-state index in [0.717, 1.165) is 25.9 Å². The maximum Gasteiger partial charge on any atom is 0.183 e. The lowest BCUT2D eigenvalue weighted by molar-refractivity contribution is 0.623. The fourth-order valence-corrected chi connectivity index (χ4v) is 2.45. The van der Waals surface area contributed by atoms with Crippen LogP contribution in [-0.4, -0.2) is 23.1 Å². The minimum Gasteiger partial charge on any atom is -0.369 e. The van der Waals surface area contributed by atoms with Crippen molar-refractivity contribution in [1.82, 2.24) is 9.97 Å². The number of rotatable bonds is 3. The SMILES string of the molecule is N#Cc1nccnc1Nc1ccc(N2CCCC2)c(F)c1. The molecule has 0 amide bonds. The van der Waals surface area contributed by atoms with Crippen molar-refractivity contribution >= 4 is 17.2 Å². The topological polar surface area (TPSA) is 64.8 Å². The van der Waals surface area contributed by atoms with Crippen LogP contribution < -0.4 is 10.2 Å². The van der Waals surface area contributed by atoms with Gasteiger partial charge in [-0.2, -0.15) is 5.26 Å². The minimum absolute atomic E-state index is 0.182. The molecule has 1 aromatic carbocycles. The van der Waals surface area contributed by atoms with Crippen molar-refractivity contribution < 1.29 is 4.39 Å². The Morgan fingerprint density at radius 3 is 2.67 bits per heavy atom. The van der Waals surface area contributed by atoms with Crippen molar-refractivity contribution in [2.45, 2.75) is 12.8 Å². The first kappa shape index (κ1) is 13.3. The fourth-order valence-electron chi connectivity index (χ4n) is 2.45. The van der Waals surface area contributed by atoms with Gasteiger partial charge >= 0.3 is 0 Å². The first-order valence-electron chi connectivity index (χ1n) is 6.80. The largest absolute Gasteiger partial charge is 0.369 e. The number of halogens is 1. The zero-order chi connectivity index (χ0) is 14.7. The summed E-state index contributed by atoms with van der Waals surface area (Å²) in [7, 11) is 0. The number of nitriles is 1. The third-order valence-electron chi connectivity index (χ3n) is 3.46. The van der Waals surface area contributed by atoms with Gasteiger partial charge in [-0.15, -0.1) is 0 Å². The number of nitrogens with one attached hydrogen (secondary N) is 1. The minimum atomic E-state index is -0.274. The number of hydrogen-bond donors (Lipinski definition) is 1. The molecular weight excluding hydrogens is 269 g/mol. The molecule has 0 aliphatic carbocycles. The Bertz CT molecular complexity index is 689. The van der Waals surface area contributed by atoms with E-state index in [2.05, 4.69) is 15.3 Å². The maximum absolute atomic E-state index is 14.2. The molecule has 0 radical (unpaired) electrons. The van der Waals surface area contributed by atoms with Crippen molar-refractivity contribution in [2.75, 3.05) is 23.3 Å². The maximum atomic E-state index is 14.2. The highest BCUT2D eigenvalue weighted by Gasteiger charge is 2.16. The third-order valence-corrected chi connectivity index (χ3v) is 3.46. The highest BCUT2D eigenvalue weighted by Crippen LogP contribution is 2.27. The monoisotopic (exact) mass is 283 g/mol. The van der Waals surface area contributed by atoms with Gasteiger partial charge in [0.25, 0.3) is 0 Å². The third kappa shape index (κ3) is 2.77. The fraction of sp³-hybridized carbons (Fsp3) is 0.267. The second-order valence-corrected chi connectivity index (χ2v) is 4.85. The van der Waals surface area contributed by atoms with Crippen molar-refractivity contribution in [3.8, 4) is 6.07 Å². The molecule has 21 heavy (non-hydrogen) atoms. The van der Waals surface area contributed by atoms with E-state index < -0.39 is 0 Å². The molecule has 0 saturated carbocycles. The van der Waals surface area contributed by atoms with Gasteiger partial charge in [-0.05, 0) is 31.0 Å². The van der Waals surface area contributed by atoms with Crippen molar-refractivity contribution in [3.63, 3.8) is 0 Å². The lowest BCUT2D eigenvalue weighted by atomic mass is 10.2. The van der Waals surface area contributed by atoms with Crippen molar-refractivity contribution in [2.24, 2.45) is 0 Å². The Kier molecular flexibility index (Phi) is 3.65. The molecule has 6 heteroatoms. The van der Waals surface area contributed by atoms with E-state index in [-0.39, 0.29) is 11.5 Å². The summed E-state index contributed by atoms with van der Waals surface area (Å²) in [5.41, 5.74) is 1.35. The van der Waals surface area contributed by atoms with Crippen LogP contribution in [0.4, 0.5) is 21.6 Å². The van der Waals surface area contributed by atoms with Crippen LogP contribution in [0, 0.1) is 17.1 Å². The second kappa shape index (κ2) is 5.75. The Morgan fingerprint density at radius 1 is 1.19 bits per heavy atom. The van der Waals surface area contributed by atoms with Crippen LogP contribution in [0.2, 0.25) is 0 Å². The number of aromatic nitrogens is 2. The predicted molar refractivity (Wildman–Crippen MR) is 77.9 cm³/mol. The molecular formula is C15H14FN5. The normalized spacial score (nSPS) is 14.0. The molecule has 1 aromatic heterocycles. The second-order valence-electron chi connectivity index (χ2n) is 4.85. The molecule has 2 aromatic rings. The number of hydrogen-bond acceptors (Lipinski definition) is 5. The summed E-state index contributed by atoms with van der Waals surface area (Å²) in [6.45, 7) is 1.79. The molecule has 1 saturated heterocycles. The molecule has 0 atom stereocenters. The summed E-state index contributed by atoms with van der Waals surface area (Å²) in [5.74, 6) is 0.0534. The van der Waals surface area contributed by atoms with Gasteiger partial charge in [-0.25, -0.2) is 14.4 Å². The van der Waals surface area contributed by atoms with Crippen LogP contribution in [0.15, 0.2) is 30.6 Å². The average molecular weight is 283 g/mol. The van der Waals surface area contributed by atoms with Gasteiger partial charge in [0.15, 0.2) is 11.5 Å². The molecule has 106 valence electrons. The molecule has 3 rings (SSSR count). The van der Waals surface area contributed by atoms with Gasteiger partial charge in [0.1, 0.15) is 11.9 Å². The summed E-state index contributed by atoms with van der Waals surface area (Å²) in [4.78, 5) is 10.00. The first-order chi connectivity index (χ1) is 10.3. The zero-order valence-electron chi connectivity index (χ0n) is 11.4. The summed E-state index contributed by atoms with van der Waals surface area (Å²) in [6.07, 6.45) is 5.13. The zero-order valence-corrected chi connectivity index (χ0v) is 11.4. The Morgan fingerprint density at radius 2 is 1.95 bits per heavy atom. The van der Waals surface area contributed by atoms with Gasteiger partial charge in [0.05, 0.1) is 5.69 Å². The molecule has 5 nitrogen and oxygen atoms in total. The van der Waals surface area contributed by atoms with Gasteiger partial charge in [-0.1, -0.05) is 0 Å². The summed E-state index contributed by atoms with van der Waals surface area (Å²) < 4.78 is 14.2. The summed E-state index contributed by atoms with van der Waals surface area (Å²) in [5, 5.41) is 11.9. The van der Waals surface area contributed by atoms with Gasteiger partial charge in [0, 0.05) is 31.2 Å². The molecule has 0 spiro atoms. The van der Waals surface area contributed by atoms with E-state index in [9.17, 15) is 4.39 Å². The molecule has 1 aliphatic rings. The van der Waals surface area contributed by atoms with E-state index in [4.69, 9.17) is 5.26 Å². The first-order valence-corrected chi connectivity index (χ1v) is 6.80. The highest BCUT2D eigenvalue weighted by atomic mass is 19.1. The Labute approximate surface area is 122 Å². The number of nitrogens with zero attached hydrogens (tertiary/aromatic N) is 4. The van der Waals surface area contributed by atoms with E-state index in [1.165, 1.54) is 18.5 Å². The van der Waals surface area contributed by atoms with Crippen LogP contribution >= 0.6 is 0 Å². The van der Waals surface area contributed by atoms with Crippen molar-refractivity contribution in [1.29, 1.82) is 5.26 Å². The van der Waals surface area contributed by atoms with E-state index in [0.29, 0.717) is 17.2 Å². The molecule has 2 heterocycles. The Balaban J connectivity index is 1.84. The lowest BCUT2D eigenvalue weighted by Crippen LogP contribution is -2.18. The average Bonchev–Trinajstić information content (AvgIpc) is 3.02. The van der Waals surface area contributed by atoms with Crippen LogP contribution in [0.1, 0.15) is 18.5 Å². The summed E-state index contributed by atoms with van der Waals surface area (Å²) in [6, 6.07) is 6.91. The lowest BCUT2D eigenvalue weighted by Gasteiger charge is -2.19. The van der Waals surface area contributed by atoms with Crippen LogP contribution in [0.3, 0.4) is 0 Å². The predicted octanol–water partition coefficient (Wildman–Crippen LogP) is 2.83. The van der Waals surface area contributed by atoms with Crippen molar-refractivity contribution in [3.05, 3.63) is 42.1 Å². The van der Waals surface area contributed by atoms with Crippen LogP contribution in [0.5, 0.6) is 0 Å². The van der Waals surface area contributed by atoms with Crippen LogP contribution in [0.25, 0.3) is 0 Å². The quantitative estimate of drug-likeness (QED) is 0.938. The number of anilines is 3. The number of benzene rings is 1. The van der Waals surface area contributed by atoms with Gasteiger partial charge < -0.3 is 10.2 Å². The smallest absolute Gasteiger partial charge is 0.183 e. The Hall–Kier alpha value is -2.68. The van der Waals surface area contributed by atoms with E-state index in [1.807, 2.05) is 11.0 Å². The van der Waals surface area contributed by atoms with E-state index >= 15 is 0 Å². The molecule has 1 N–H and O–H groups in total. The van der Waals surface area contributed by atoms with E-state index in [1.54, 1.807) is 12.1 Å². The molecule has 1 aliphatic heterocycles. The molecule has 0 unspecified atom stereocenters.